The minimum atomic E-state index is -1.04. The zero-order valence-electron chi connectivity index (χ0n) is 18.1. The summed E-state index contributed by atoms with van der Waals surface area (Å²) in [7, 11) is 0. The molecule has 0 radical (unpaired) electrons. The fraction of sp³-hybridized carbons (Fsp3) is 0.160. The highest BCUT2D eigenvalue weighted by atomic mass is 32.1. The molecule has 0 unspecified atom stereocenters. The van der Waals surface area contributed by atoms with Crippen LogP contribution in [0.25, 0.3) is 0 Å². The predicted octanol–water partition coefficient (Wildman–Crippen LogP) is 5.20. The van der Waals surface area contributed by atoms with Crippen molar-refractivity contribution in [2.45, 2.75) is 26.4 Å². The van der Waals surface area contributed by atoms with E-state index in [1.807, 2.05) is 13.0 Å². The number of anilines is 1. The number of hydrogen-bond acceptors (Lipinski definition) is 5. The summed E-state index contributed by atoms with van der Waals surface area (Å²) < 4.78 is 19.5. The summed E-state index contributed by atoms with van der Waals surface area (Å²) in [6, 6.07) is 17.0. The number of rotatable bonds is 7. The molecular weight excluding hydrogens is 441 g/mol. The lowest BCUT2D eigenvalue weighted by molar-refractivity contribution is -0.122. The van der Waals surface area contributed by atoms with Gasteiger partial charge >= 0.3 is 0 Å². The average Bonchev–Trinajstić information content (AvgIpc) is 3.45. The van der Waals surface area contributed by atoms with Crippen molar-refractivity contribution in [1.29, 1.82) is 0 Å². The molecule has 2 amide bonds. The van der Waals surface area contributed by atoms with E-state index in [1.54, 1.807) is 49.4 Å². The summed E-state index contributed by atoms with van der Waals surface area (Å²) in [6.45, 7) is 3.71. The summed E-state index contributed by atoms with van der Waals surface area (Å²) in [6.07, 6.45) is 1.52. The summed E-state index contributed by atoms with van der Waals surface area (Å²) >= 11 is 1.24. The Morgan fingerprint density at radius 2 is 1.88 bits per heavy atom. The number of carbonyl (C=O) groups excluding carboxylic acids is 2. The summed E-state index contributed by atoms with van der Waals surface area (Å²) in [5.41, 5.74) is 1.42. The Bertz CT molecular complexity index is 1260. The molecule has 4 aromatic rings. The van der Waals surface area contributed by atoms with E-state index in [9.17, 15) is 14.0 Å². The van der Waals surface area contributed by atoms with Crippen molar-refractivity contribution in [1.82, 2.24) is 10.3 Å². The fourth-order valence-electron chi connectivity index (χ4n) is 3.59. The lowest BCUT2D eigenvalue weighted by Crippen LogP contribution is -2.44. The van der Waals surface area contributed by atoms with E-state index >= 15 is 0 Å². The Labute approximate surface area is 194 Å². The molecule has 8 heteroatoms. The van der Waals surface area contributed by atoms with Crippen LogP contribution in [-0.2, 0) is 11.3 Å². The van der Waals surface area contributed by atoms with E-state index in [0.717, 1.165) is 5.01 Å². The van der Waals surface area contributed by atoms with Gasteiger partial charge in [-0.25, -0.2) is 9.37 Å². The first-order chi connectivity index (χ1) is 15.9. The second-order valence-corrected chi connectivity index (χ2v) is 8.62. The van der Waals surface area contributed by atoms with Gasteiger partial charge in [0.25, 0.3) is 5.91 Å². The van der Waals surface area contributed by atoms with Crippen LogP contribution in [0.4, 0.5) is 10.1 Å². The second kappa shape index (κ2) is 9.79. The number of hydrogen-bond donors (Lipinski definition) is 1. The van der Waals surface area contributed by atoms with Crippen molar-refractivity contribution in [2.24, 2.45) is 0 Å². The van der Waals surface area contributed by atoms with E-state index in [-0.39, 0.29) is 12.2 Å². The molecule has 0 saturated carbocycles. The highest BCUT2D eigenvalue weighted by molar-refractivity contribution is 7.13. The molecule has 1 N–H and O–H groups in total. The van der Waals surface area contributed by atoms with Crippen LogP contribution in [0.15, 0.2) is 77.4 Å². The molecular formula is C25H22FN3O3S. The SMILES string of the molecule is Cc1nc(C)c(C(=O)N(c2cccc(F)c2)[C@@H](C(=O)NCc2ccco2)c2ccccc2)s1. The third-order valence-electron chi connectivity index (χ3n) is 5.04. The van der Waals surface area contributed by atoms with Gasteiger partial charge in [-0.05, 0) is 49.7 Å². The Balaban J connectivity index is 1.81. The van der Waals surface area contributed by atoms with Gasteiger partial charge in [0, 0.05) is 5.69 Å². The molecule has 0 bridgehead atoms. The van der Waals surface area contributed by atoms with Gasteiger partial charge in [0.15, 0.2) is 0 Å². The number of aryl methyl sites for hydroxylation is 2. The Hall–Kier alpha value is -3.78. The molecule has 2 aromatic carbocycles. The van der Waals surface area contributed by atoms with E-state index < -0.39 is 23.7 Å². The van der Waals surface area contributed by atoms with E-state index in [1.165, 1.54) is 40.7 Å². The fourth-order valence-corrected chi connectivity index (χ4v) is 4.44. The third-order valence-corrected chi connectivity index (χ3v) is 6.10. The number of amides is 2. The van der Waals surface area contributed by atoms with Crippen molar-refractivity contribution >= 4 is 28.8 Å². The molecule has 0 spiro atoms. The number of aromatic nitrogens is 1. The van der Waals surface area contributed by atoms with Gasteiger partial charge in [-0.2, -0.15) is 0 Å². The molecule has 0 aliphatic heterocycles. The van der Waals surface area contributed by atoms with Gasteiger partial charge in [-0.15, -0.1) is 11.3 Å². The molecule has 0 aliphatic carbocycles. The molecule has 168 valence electrons. The van der Waals surface area contributed by atoms with Crippen LogP contribution in [0.3, 0.4) is 0 Å². The maximum absolute atomic E-state index is 14.2. The molecule has 2 heterocycles. The van der Waals surface area contributed by atoms with Crippen LogP contribution in [0.5, 0.6) is 0 Å². The zero-order valence-corrected chi connectivity index (χ0v) is 18.9. The molecule has 4 rings (SSSR count). The Morgan fingerprint density at radius 1 is 1.09 bits per heavy atom. The molecule has 0 fully saturated rings. The largest absolute Gasteiger partial charge is 0.467 e. The Kier molecular flexibility index (Phi) is 6.65. The highest BCUT2D eigenvalue weighted by Crippen LogP contribution is 2.32. The number of benzene rings is 2. The first-order valence-electron chi connectivity index (χ1n) is 10.3. The smallest absolute Gasteiger partial charge is 0.271 e. The molecule has 0 saturated heterocycles. The first kappa shape index (κ1) is 22.4. The van der Waals surface area contributed by atoms with Crippen LogP contribution in [0, 0.1) is 19.7 Å². The van der Waals surface area contributed by atoms with Crippen molar-refractivity contribution in [3.8, 4) is 0 Å². The molecule has 2 aromatic heterocycles. The number of thiazole rings is 1. The van der Waals surface area contributed by atoms with E-state index in [2.05, 4.69) is 10.3 Å². The van der Waals surface area contributed by atoms with Gasteiger partial charge in [-0.3, -0.25) is 14.5 Å². The van der Waals surface area contributed by atoms with Crippen molar-refractivity contribution in [2.75, 3.05) is 4.90 Å². The maximum atomic E-state index is 14.2. The van der Waals surface area contributed by atoms with Crippen LogP contribution >= 0.6 is 11.3 Å². The highest BCUT2D eigenvalue weighted by Gasteiger charge is 2.35. The number of carbonyl (C=O) groups is 2. The van der Waals surface area contributed by atoms with Crippen LogP contribution in [-0.4, -0.2) is 16.8 Å². The number of nitrogens with one attached hydrogen (secondary N) is 1. The molecule has 0 aliphatic rings. The number of halogens is 1. The zero-order chi connectivity index (χ0) is 23.4. The minimum absolute atomic E-state index is 0.152. The van der Waals surface area contributed by atoms with E-state index in [0.29, 0.717) is 21.9 Å². The van der Waals surface area contributed by atoms with Gasteiger partial charge in [0.05, 0.1) is 23.5 Å². The number of furan rings is 1. The monoisotopic (exact) mass is 463 g/mol. The molecule has 6 nitrogen and oxygen atoms in total. The van der Waals surface area contributed by atoms with Crippen molar-refractivity contribution in [3.63, 3.8) is 0 Å². The summed E-state index contributed by atoms with van der Waals surface area (Å²) in [5.74, 6) is -0.780. The van der Waals surface area contributed by atoms with Crippen LogP contribution in [0.1, 0.15) is 37.7 Å². The number of nitrogens with zero attached hydrogens (tertiary/aromatic N) is 2. The van der Waals surface area contributed by atoms with Gasteiger partial charge < -0.3 is 9.73 Å². The standard InChI is InChI=1S/C25H22FN3O3S/c1-16-23(33-17(2)28-16)25(31)29(20-11-6-10-19(26)14-20)22(18-8-4-3-5-9-18)24(30)27-15-21-12-7-13-32-21/h3-14,22H,15H2,1-2H3,(H,27,30)/t22-/m1/s1. The predicted molar refractivity (Wildman–Crippen MR) is 125 cm³/mol. The van der Waals surface area contributed by atoms with Gasteiger partial charge in [0.1, 0.15) is 22.5 Å². The average molecular weight is 464 g/mol. The topological polar surface area (TPSA) is 75.4 Å². The van der Waals surface area contributed by atoms with Gasteiger partial charge in [0.2, 0.25) is 5.91 Å². The minimum Gasteiger partial charge on any atom is -0.467 e. The van der Waals surface area contributed by atoms with Gasteiger partial charge in [-0.1, -0.05) is 36.4 Å². The first-order valence-corrected chi connectivity index (χ1v) is 11.1. The van der Waals surface area contributed by atoms with E-state index in [4.69, 9.17) is 4.42 Å². The lowest BCUT2D eigenvalue weighted by Gasteiger charge is -2.31. The second-order valence-electron chi connectivity index (χ2n) is 7.41. The normalized spacial score (nSPS) is 11.7. The molecule has 1 atom stereocenters. The maximum Gasteiger partial charge on any atom is 0.271 e. The Morgan fingerprint density at radius 3 is 2.52 bits per heavy atom. The quantitative estimate of drug-likeness (QED) is 0.409. The van der Waals surface area contributed by atoms with Crippen molar-refractivity contribution < 1.29 is 18.4 Å². The summed E-state index contributed by atoms with van der Waals surface area (Å²) in [5, 5.41) is 3.57. The van der Waals surface area contributed by atoms with Crippen molar-refractivity contribution in [3.05, 3.63) is 106 Å². The van der Waals surface area contributed by atoms with Crippen LogP contribution in [0.2, 0.25) is 0 Å². The summed E-state index contributed by atoms with van der Waals surface area (Å²) in [4.78, 5) is 33.4. The lowest BCUT2D eigenvalue weighted by atomic mass is 10.0. The third kappa shape index (κ3) is 5.01. The van der Waals surface area contributed by atoms with Crippen LogP contribution < -0.4 is 10.2 Å². The molecule has 33 heavy (non-hydrogen) atoms.